The fourth-order valence-corrected chi connectivity index (χ4v) is 3.06. The van der Waals surface area contributed by atoms with Gasteiger partial charge in [0.2, 0.25) is 5.88 Å². The summed E-state index contributed by atoms with van der Waals surface area (Å²) in [7, 11) is 0. The summed E-state index contributed by atoms with van der Waals surface area (Å²) in [5.74, 6) is -1.29. The summed E-state index contributed by atoms with van der Waals surface area (Å²) in [6.45, 7) is 4.00. The van der Waals surface area contributed by atoms with Crippen LogP contribution in [0, 0.1) is 6.92 Å². The molecule has 0 amide bonds. The first-order valence-corrected chi connectivity index (χ1v) is 8.24. The molecule has 9 nitrogen and oxygen atoms in total. The van der Waals surface area contributed by atoms with Crippen molar-refractivity contribution < 1.29 is 15.0 Å². The maximum absolute atomic E-state index is 11.0. The lowest BCUT2D eigenvalue weighted by Crippen LogP contribution is -2.10. The van der Waals surface area contributed by atoms with Gasteiger partial charge in [0.05, 0.1) is 24.0 Å². The van der Waals surface area contributed by atoms with Crippen LogP contribution in [-0.2, 0) is 0 Å². The topological polar surface area (TPSA) is 119 Å². The second-order valence-electron chi connectivity index (χ2n) is 6.18. The second-order valence-corrected chi connectivity index (χ2v) is 6.18. The zero-order valence-corrected chi connectivity index (χ0v) is 14.6. The second kappa shape index (κ2) is 6.20. The van der Waals surface area contributed by atoms with Gasteiger partial charge in [0.15, 0.2) is 0 Å². The van der Waals surface area contributed by atoms with E-state index in [0.29, 0.717) is 11.0 Å². The molecule has 0 radical (unpaired) electrons. The van der Waals surface area contributed by atoms with Crippen LogP contribution in [0.2, 0.25) is 0 Å². The molecular formula is C18H16N6O3. The monoisotopic (exact) mass is 364 g/mol. The highest BCUT2D eigenvalue weighted by molar-refractivity contribution is 5.87. The minimum Gasteiger partial charge on any atom is -0.492 e. The van der Waals surface area contributed by atoms with Gasteiger partial charge in [-0.05, 0) is 25.0 Å². The molecule has 0 saturated heterocycles. The number of carboxylic acids is 1. The summed E-state index contributed by atoms with van der Waals surface area (Å²) < 4.78 is 2.87. The van der Waals surface area contributed by atoms with Gasteiger partial charge < -0.3 is 10.2 Å². The lowest BCUT2D eigenvalue weighted by Gasteiger charge is -2.16. The van der Waals surface area contributed by atoms with Crippen molar-refractivity contribution >= 4 is 17.0 Å². The summed E-state index contributed by atoms with van der Waals surface area (Å²) in [4.78, 5) is 19.4. The summed E-state index contributed by atoms with van der Waals surface area (Å²) in [5, 5.41) is 27.8. The summed E-state index contributed by atoms with van der Waals surface area (Å²) in [6, 6.07) is 7.82. The first kappa shape index (κ1) is 16.7. The van der Waals surface area contributed by atoms with Crippen molar-refractivity contribution in [3.05, 3.63) is 59.5 Å². The quantitative estimate of drug-likeness (QED) is 0.570. The van der Waals surface area contributed by atoms with E-state index < -0.39 is 5.97 Å². The van der Waals surface area contributed by atoms with Crippen LogP contribution in [0.3, 0.4) is 0 Å². The standard InChI is InChI=1S/C18H16N6O3/c1-10-5-3-4-6-13(10)11(2)24-15-14(8-20-24)21-18(22-16(15)25)23-9-12(7-19-23)17(26)27/h3-9,11H,1-2H3,(H,26,27)(H,21,22,25)/t11-/m0/s1. The maximum atomic E-state index is 11.0. The van der Waals surface area contributed by atoms with Crippen LogP contribution in [0.1, 0.15) is 34.5 Å². The predicted octanol–water partition coefficient (Wildman–Crippen LogP) is 2.33. The fourth-order valence-electron chi connectivity index (χ4n) is 3.06. The number of aromatic nitrogens is 6. The number of hydrogen-bond acceptors (Lipinski definition) is 6. The lowest BCUT2D eigenvalue weighted by atomic mass is 10.0. The number of aromatic hydroxyl groups is 1. The van der Waals surface area contributed by atoms with E-state index in [1.165, 1.54) is 23.3 Å². The van der Waals surface area contributed by atoms with Crippen LogP contribution in [0.4, 0.5) is 0 Å². The van der Waals surface area contributed by atoms with Crippen molar-refractivity contribution in [1.29, 1.82) is 0 Å². The Morgan fingerprint density at radius 2 is 1.93 bits per heavy atom. The van der Waals surface area contributed by atoms with Crippen LogP contribution in [0.15, 0.2) is 42.9 Å². The Morgan fingerprint density at radius 3 is 2.63 bits per heavy atom. The van der Waals surface area contributed by atoms with Gasteiger partial charge in [-0.2, -0.15) is 15.2 Å². The van der Waals surface area contributed by atoms with E-state index in [4.69, 9.17) is 5.11 Å². The maximum Gasteiger partial charge on any atom is 0.338 e. The third kappa shape index (κ3) is 2.78. The molecule has 0 spiro atoms. The SMILES string of the molecule is Cc1ccccc1[C@H](C)n1ncc2nc(-n3cc(C(=O)O)cn3)nc(O)c21. The molecule has 1 aromatic carbocycles. The Labute approximate surface area is 153 Å². The van der Waals surface area contributed by atoms with E-state index in [9.17, 15) is 9.90 Å². The van der Waals surface area contributed by atoms with Gasteiger partial charge in [0.1, 0.15) is 11.0 Å². The van der Waals surface area contributed by atoms with E-state index >= 15 is 0 Å². The molecule has 27 heavy (non-hydrogen) atoms. The van der Waals surface area contributed by atoms with Gasteiger partial charge in [-0.25, -0.2) is 14.5 Å². The zero-order valence-electron chi connectivity index (χ0n) is 14.6. The predicted molar refractivity (Wildman–Crippen MR) is 96.1 cm³/mol. The van der Waals surface area contributed by atoms with Gasteiger partial charge in [-0.3, -0.25) is 4.68 Å². The van der Waals surface area contributed by atoms with Crippen LogP contribution in [0.5, 0.6) is 5.88 Å². The first-order chi connectivity index (χ1) is 13.0. The molecule has 0 aliphatic carbocycles. The van der Waals surface area contributed by atoms with Gasteiger partial charge in [-0.1, -0.05) is 24.3 Å². The number of fused-ring (bicyclic) bond motifs is 1. The molecule has 0 bridgehead atoms. The number of benzene rings is 1. The highest BCUT2D eigenvalue weighted by atomic mass is 16.4. The lowest BCUT2D eigenvalue weighted by molar-refractivity contribution is 0.0697. The number of aryl methyl sites for hydroxylation is 1. The molecular weight excluding hydrogens is 348 g/mol. The molecule has 0 fully saturated rings. The van der Waals surface area contributed by atoms with Crippen LogP contribution < -0.4 is 0 Å². The molecule has 0 aliphatic heterocycles. The summed E-state index contributed by atoms with van der Waals surface area (Å²) in [6.07, 6.45) is 4.01. The van der Waals surface area contributed by atoms with Gasteiger partial charge in [0, 0.05) is 6.20 Å². The molecule has 1 atom stereocenters. The molecule has 4 rings (SSSR count). The van der Waals surface area contributed by atoms with E-state index in [0.717, 1.165) is 11.1 Å². The smallest absolute Gasteiger partial charge is 0.338 e. The highest BCUT2D eigenvalue weighted by Crippen LogP contribution is 2.29. The van der Waals surface area contributed by atoms with Crippen molar-refractivity contribution in [3.63, 3.8) is 0 Å². The average molecular weight is 364 g/mol. The highest BCUT2D eigenvalue weighted by Gasteiger charge is 2.20. The number of hydrogen-bond donors (Lipinski definition) is 2. The Bertz CT molecular complexity index is 1160. The number of carbonyl (C=O) groups is 1. The zero-order chi connectivity index (χ0) is 19.1. The third-order valence-corrected chi connectivity index (χ3v) is 4.45. The normalized spacial score (nSPS) is 12.4. The van der Waals surface area contributed by atoms with Gasteiger partial charge in [0.25, 0.3) is 5.95 Å². The van der Waals surface area contributed by atoms with Crippen molar-refractivity contribution in [1.82, 2.24) is 29.5 Å². The molecule has 9 heteroatoms. The van der Waals surface area contributed by atoms with Gasteiger partial charge in [-0.15, -0.1) is 0 Å². The molecule has 3 aromatic heterocycles. The minimum absolute atomic E-state index is 0.00190. The Balaban J connectivity index is 1.80. The van der Waals surface area contributed by atoms with Crippen molar-refractivity contribution in [2.75, 3.05) is 0 Å². The largest absolute Gasteiger partial charge is 0.492 e. The Kier molecular flexibility index (Phi) is 3.84. The number of carboxylic acid groups (broad SMARTS) is 1. The van der Waals surface area contributed by atoms with Gasteiger partial charge >= 0.3 is 5.97 Å². The van der Waals surface area contributed by atoms with E-state index in [2.05, 4.69) is 20.2 Å². The van der Waals surface area contributed by atoms with Crippen molar-refractivity contribution in [2.24, 2.45) is 0 Å². The molecule has 0 saturated carbocycles. The molecule has 136 valence electrons. The third-order valence-electron chi connectivity index (χ3n) is 4.45. The summed E-state index contributed by atoms with van der Waals surface area (Å²) >= 11 is 0. The molecule has 3 heterocycles. The first-order valence-electron chi connectivity index (χ1n) is 8.24. The average Bonchev–Trinajstić information content (AvgIpc) is 3.29. The van der Waals surface area contributed by atoms with Crippen molar-refractivity contribution in [2.45, 2.75) is 19.9 Å². The Morgan fingerprint density at radius 1 is 1.15 bits per heavy atom. The van der Waals surface area contributed by atoms with Crippen molar-refractivity contribution in [3.8, 4) is 11.8 Å². The number of aromatic carboxylic acids is 1. The Hall–Kier alpha value is -3.75. The fraction of sp³-hybridized carbons (Fsp3) is 0.167. The van der Waals surface area contributed by atoms with Crippen LogP contribution >= 0.6 is 0 Å². The molecule has 0 unspecified atom stereocenters. The van der Waals surface area contributed by atoms with E-state index in [-0.39, 0.29) is 23.4 Å². The van der Waals surface area contributed by atoms with E-state index in [1.807, 2.05) is 38.1 Å². The molecule has 2 N–H and O–H groups in total. The number of nitrogens with zero attached hydrogens (tertiary/aromatic N) is 6. The van der Waals surface area contributed by atoms with Crippen LogP contribution in [0.25, 0.3) is 17.0 Å². The van der Waals surface area contributed by atoms with E-state index in [1.54, 1.807) is 4.68 Å². The van der Waals surface area contributed by atoms with Crippen LogP contribution in [-0.4, -0.2) is 45.7 Å². The summed E-state index contributed by atoms with van der Waals surface area (Å²) in [5.41, 5.74) is 3.03. The minimum atomic E-state index is -1.11. The molecule has 4 aromatic rings. The number of rotatable bonds is 4. The molecule has 0 aliphatic rings.